The number of fused-ring (bicyclic) bond motifs is 1. The van der Waals surface area contributed by atoms with Gasteiger partial charge in [-0.3, -0.25) is 14.5 Å². The number of aryl methyl sites for hydroxylation is 1. The first kappa shape index (κ1) is 28.4. The van der Waals surface area contributed by atoms with Crippen LogP contribution in [0.25, 0.3) is 0 Å². The first-order chi connectivity index (χ1) is 17.9. The third-order valence-electron chi connectivity index (χ3n) is 6.04. The number of pyridine rings is 1. The number of anilines is 1. The number of benzene rings is 1. The molecule has 0 saturated carbocycles. The molecule has 196 valence electrons. The number of hydrogen-bond donors (Lipinski definition) is 1. The topological polar surface area (TPSA) is 129 Å². The maximum Gasteiger partial charge on any atom is 0.261 e. The Kier molecular flexibility index (Phi) is 10.3. The number of rotatable bonds is 13. The Hall–Kier alpha value is -3.20. The minimum Gasteiger partial charge on any atom is -0.385 e. The zero-order valence-corrected chi connectivity index (χ0v) is 23.1. The third kappa shape index (κ3) is 6.39. The van der Waals surface area contributed by atoms with E-state index in [2.05, 4.69) is 37.5 Å². The number of aromatic nitrogens is 1. The van der Waals surface area contributed by atoms with Crippen LogP contribution in [0.4, 0.5) is 17.2 Å². The number of hydrogen-bond acceptors (Lipinski definition) is 9. The number of azo groups is 1. The highest BCUT2D eigenvalue weighted by Gasteiger charge is 2.35. The molecule has 37 heavy (non-hydrogen) atoms. The van der Waals surface area contributed by atoms with Crippen LogP contribution in [0.5, 0.6) is 0 Å². The lowest BCUT2D eigenvalue weighted by molar-refractivity contribution is 0.0663. The zero-order valence-electron chi connectivity index (χ0n) is 21.6. The summed E-state index contributed by atoms with van der Waals surface area (Å²) >= 11 is 3.45. The van der Waals surface area contributed by atoms with E-state index in [1.165, 1.54) is 4.90 Å². The van der Waals surface area contributed by atoms with Crippen molar-refractivity contribution >= 4 is 44.9 Å². The SMILES string of the molecule is CCN1C(=O)c2cc(Br)c(N=Nc3c(NCCCOC)nc(CCCCOC)c(C#N)c3C)cc2C1=O. The minimum atomic E-state index is -0.352. The van der Waals surface area contributed by atoms with Crippen molar-refractivity contribution in [3.8, 4) is 6.07 Å². The molecule has 0 spiro atoms. The molecule has 1 aromatic carbocycles. The number of ether oxygens (including phenoxy) is 2. The first-order valence-electron chi connectivity index (χ1n) is 12.1. The molecular weight excluding hydrogens is 540 g/mol. The van der Waals surface area contributed by atoms with E-state index in [4.69, 9.17) is 14.5 Å². The molecule has 0 fully saturated rings. The number of imide groups is 1. The number of methoxy groups -OCH3 is 2. The Balaban J connectivity index is 1.99. The molecule has 2 heterocycles. The van der Waals surface area contributed by atoms with Gasteiger partial charge in [-0.15, -0.1) is 10.2 Å². The van der Waals surface area contributed by atoms with Gasteiger partial charge in [-0.2, -0.15) is 5.26 Å². The molecule has 0 unspecified atom stereocenters. The number of unbranched alkanes of at least 4 members (excludes halogenated alkanes) is 1. The first-order valence-corrected chi connectivity index (χ1v) is 12.9. The lowest BCUT2D eigenvalue weighted by Crippen LogP contribution is -2.29. The van der Waals surface area contributed by atoms with E-state index in [-0.39, 0.29) is 11.8 Å². The lowest BCUT2D eigenvalue weighted by atomic mass is 10.0. The molecule has 0 aliphatic carbocycles. The summed E-state index contributed by atoms with van der Waals surface area (Å²) in [5.41, 5.74) is 3.30. The van der Waals surface area contributed by atoms with Crippen molar-refractivity contribution in [2.45, 2.75) is 39.5 Å². The van der Waals surface area contributed by atoms with E-state index in [1.54, 1.807) is 33.3 Å². The largest absolute Gasteiger partial charge is 0.385 e. The molecule has 0 bridgehead atoms. The molecule has 2 amide bonds. The van der Waals surface area contributed by atoms with E-state index < -0.39 is 0 Å². The molecule has 3 rings (SSSR count). The van der Waals surface area contributed by atoms with Crippen LogP contribution in [-0.4, -0.2) is 62.2 Å². The summed E-state index contributed by atoms with van der Waals surface area (Å²) in [6, 6.07) is 5.43. The third-order valence-corrected chi connectivity index (χ3v) is 6.68. The van der Waals surface area contributed by atoms with Gasteiger partial charge in [0, 0.05) is 45.0 Å². The summed E-state index contributed by atoms with van der Waals surface area (Å²) in [5, 5.41) is 22.0. The number of carbonyl (C=O) groups excluding carboxylic acids is 2. The second-order valence-corrected chi connectivity index (χ2v) is 9.35. The van der Waals surface area contributed by atoms with Crippen molar-refractivity contribution in [1.82, 2.24) is 9.88 Å². The van der Waals surface area contributed by atoms with Gasteiger partial charge in [0.25, 0.3) is 11.8 Å². The molecule has 1 aromatic heterocycles. The van der Waals surface area contributed by atoms with Crippen LogP contribution < -0.4 is 5.32 Å². The van der Waals surface area contributed by atoms with Crippen molar-refractivity contribution in [2.75, 3.05) is 45.8 Å². The van der Waals surface area contributed by atoms with Crippen molar-refractivity contribution in [1.29, 1.82) is 5.26 Å². The van der Waals surface area contributed by atoms with Crippen molar-refractivity contribution < 1.29 is 19.1 Å². The van der Waals surface area contributed by atoms with Crippen LogP contribution in [0.3, 0.4) is 0 Å². The Bertz CT molecular complexity index is 1240. The monoisotopic (exact) mass is 570 g/mol. The van der Waals surface area contributed by atoms with Gasteiger partial charge in [-0.25, -0.2) is 4.98 Å². The summed E-state index contributed by atoms with van der Waals surface area (Å²) in [7, 11) is 3.31. The van der Waals surface area contributed by atoms with Gasteiger partial charge in [0.05, 0.1) is 22.4 Å². The second kappa shape index (κ2) is 13.4. The van der Waals surface area contributed by atoms with Crippen molar-refractivity contribution in [2.24, 2.45) is 10.2 Å². The summed E-state index contributed by atoms with van der Waals surface area (Å²) in [5.74, 6) is -0.151. The molecule has 0 atom stereocenters. The molecular formula is C26H31BrN6O4. The predicted octanol–water partition coefficient (Wildman–Crippen LogP) is 5.47. The lowest BCUT2D eigenvalue weighted by Gasteiger charge is -2.15. The molecule has 10 nitrogen and oxygen atoms in total. The number of halogens is 1. The van der Waals surface area contributed by atoms with Gasteiger partial charge in [-0.1, -0.05) is 0 Å². The van der Waals surface area contributed by atoms with Crippen LogP contribution in [0, 0.1) is 18.3 Å². The number of amides is 2. The standard InChI is InChI=1S/C26H31BrN6O4/c1-5-33-25(34)17-13-20(27)22(14-18(17)26(33)35)31-32-23-16(2)19(15-28)21(9-6-7-11-36-3)30-24(23)29-10-8-12-37-4/h13-14H,5-12H2,1-4H3,(H,29,30). The molecule has 1 aliphatic rings. The highest BCUT2D eigenvalue weighted by molar-refractivity contribution is 9.10. The fourth-order valence-electron chi connectivity index (χ4n) is 4.06. The fourth-order valence-corrected chi connectivity index (χ4v) is 4.48. The van der Waals surface area contributed by atoms with E-state index in [0.717, 1.165) is 19.3 Å². The highest BCUT2D eigenvalue weighted by atomic mass is 79.9. The van der Waals surface area contributed by atoms with Gasteiger partial charge in [0.1, 0.15) is 17.4 Å². The zero-order chi connectivity index (χ0) is 26.9. The Morgan fingerprint density at radius 2 is 1.76 bits per heavy atom. The van der Waals surface area contributed by atoms with Gasteiger partial charge in [0.2, 0.25) is 0 Å². The summed E-state index contributed by atoms with van der Waals surface area (Å²) in [6.45, 7) is 5.71. The maximum atomic E-state index is 12.6. The number of nitrogens with one attached hydrogen (secondary N) is 1. The van der Waals surface area contributed by atoms with Gasteiger partial charge < -0.3 is 14.8 Å². The average Bonchev–Trinajstić information content (AvgIpc) is 3.12. The predicted molar refractivity (Wildman–Crippen MR) is 143 cm³/mol. The second-order valence-electron chi connectivity index (χ2n) is 8.49. The minimum absolute atomic E-state index is 0.290. The fraction of sp³-hybridized carbons (Fsp3) is 0.462. The van der Waals surface area contributed by atoms with Gasteiger partial charge in [-0.05, 0) is 73.2 Å². The van der Waals surface area contributed by atoms with Crippen LogP contribution >= 0.6 is 15.9 Å². The van der Waals surface area contributed by atoms with Gasteiger partial charge in [0.15, 0.2) is 5.82 Å². The normalized spacial score (nSPS) is 12.9. The Morgan fingerprint density at radius 1 is 1.08 bits per heavy atom. The van der Waals surface area contributed by atoms with Crippen LogP contribution in [0.2, 0.25) is 0 Å². The van der Waals surface area contributed by atoms with Crippen LogP contribution in [0.1, 0.15) is 63.7 Å². The molecule has 2 aromatic rings. The summed E-state index contributed by atoms with van der Waals surface area (Å²) < 4.78 is 10.8. The van der Waals surface area contributed by atoms with E-state index in [0.29, 0.717) is 82.3 Å². The number of nitrogens with zero attached hydrogens (tertiary/aromatic N) is 5. The average molecular weight is 571 g/mol. The number of nitriles is 1. The van der Waals surface area contributed by atoms with Gasteiger partial charge >= 0.3 is 0 Å². The number of carbonyl (C=O) groups is 2. The summed E-state index contributed by atoms with van der Waals surface area (Å²) in [6.07, 6.45) is 3.10. The van der Waals surface area contributed by atoms with Crippen molar-refractivity contribution in [3.05, 3.63) is 44.6 Å². The van der Waals surface area contributed by atoms with E-state index >= 15 is 0 Å². The Morgan fingerprint density at radius 3 is 2.41 bits per heavy atom. The van der Waals surface area contributed by atoms with E-state index in [1.807, 2.05) is 6.92 Å². The smallest absolute Gasteiger partial charge is 0.261 e. The molecule has 1 N–H and O–H groups in total. The Labute approximate surface area is 225 Å². The maximum absolute atomic E-state index is 12.6. The molecule has 0 radical (unpaired) electrons. The summed E-state index contributed by atoms with van der Waals surface area (Å²) in [4.78, 5) is 31.1. The molecule has 1 aliphatic heterocycles. The van der Waals surface area contributed by atoms with Crippen LogP contribution in [-0.2, 0) is 15.9 Å². The highest BCUT2D eigenvalue weighted by Crippen LogP contribution is 2.37. The molecule has 0 saturated heterocycles. The molecule has 11 heteroatoms. The van der Waals surface area contributed by atoms with Crippen molar-refractivity contribution in [3.63, 3.8) is 0 Å². The van der Waals surface area contributed by atoms with Crippen LogP contribution in [0.15, 0.2) is 26.8 Å². The quantitative estimate of drug-likeness (QED) is 0.192. The van der Waals surface area contributed by atoms with E-state index in [9.17, 15) is 14.9 Å².